The maximum atomic E-state index is 12.5. The van der Waals surface area contributed by atoms with Gasteiger partial charge in [0.25, 0.3) is 0 Å². The number of hydrogen-bond acceptors (Lipinski definition) is 4. The largest absolute Gasteiger partial charge is 0.379 e. The van der Waals surface area contributed by atoms with Crippen molar-refractivity contribution < 1.29 is 9.53 Å². The highest BCUT2D eigenvalue weighted by Crippen LogP contribution is 2.28. The lowest BCUT2D eigenvalue weighted by Crippen LogP contribution is -2.43. The second-order valence-electron chi connectivity index (χ2n) is 6.43. The van der Waals surface area contributed by atoms with Crippen LogP contribution in [0.2, 0.25) is 0 Å². The molecular formula is C17H29N3O2. The molecule has 5 heteroatoms. The molecule has 5 nitrogen and oxygen atoms in total. The summed E-state index contributed by atoms with van der Waals surface area (Å²) >= 11 is 0. The molecule has 22 heavy (non-hydrogen) atoms. The molecule has 0 unspecified atom stereocenters. The zero-order valence-electron chi connectivity index (χ0n) is 13.6. The summed E-state index contributed by atoms with van der Waals surface area (Å²) in [5.74, 6) is 0.983. The molecule has 0 N–H and O–H groups in total. The first-order valence-electron chi connectivity index (χ1n) is 8.74. The van der Waals surface area contributed by atoms with E-state index >= 15 is 0 Å². The van der Waals surface area contributed by atoms with Crippen molar-refractivity contribution in [1.29, 1.82) is 5.26 Å². The van der Waals surface area contributed by atoms with Gasteiger partial charge in [0, 0.05) is 39.1 Å². The van der Waals surface area contributed by atoms with Gasteiger partial charge in [0.2, 0.25) is 5.91 Å². The van der Waals surface area contributed by atoms with E-state index in [9.17, 15) is 4.79 Å². The van der Waals surface area contributed by atoms with Crippen molar-refractivity contribution in [3.05, 3.63) is 0 Å². The summed E-state index contributed by atoms with van der Waals surface area (Å²) in [5, 5.41) is 8.80. The number of morpholine rings is 1. The summed E-state index contributed by atoms with van der Waals surface area (Å²) in [5.41, 5.74) is 0. The van der Waals surface area contributed by atoms with Crippen LogP contribution in [0, 0.1) is 17.2 Å². The van der Waals surface area contributed by atoms with Crippen LogP contribution in [0.4, 0.5) is 0 Å². The van der Waals surface area contributed by atoms with Crippen LogP contribution in [0.3, 0.4) is 0 Å². The van der Waals surface area contributed by atoms with Gasteiger partial charge in [-0.15, -0.1) is 0 Å². The van der Waals surface area contributed by atoms with Crippen LogP contribution in [0.1, 0.15) is 44.9 Å². The van der Waals surface area contributed by atoms with Crippen LogP contribution in [-0.2, 0) is 9.53 Å². The first-order chi connectivity index (χ1) is 10.8. The molecule has 0 aromatic carbocycles. The van der Waals surface area contributed by atoms with E-state index in [1.807, 2.05) is 4.90 Å². The van der Waals surface area contributed by atoms with E-state index in [4.69, 9.17) is 10.00 Å². The van der Waals surface area contributed by atoms with E-state index in [2.05, 4.69) is 11.0 Å². The number of carbonyl (C=O) groups excluding carboxylic acids is 1. The molecule has 124 valence electrons. The van der Waals surface area contributed by atoms with Crippen molar-refractivity contribution >= 4 is 5.91 Å². The van der Waals surface area contributed by atoms with Crippen LogP contribution in [0.25, 0.3) is 0 Å². The van der Waals surface area contributed by atoms with Crippen molar-refractivity contribution in [2.75, 3.05) is 45.9 Å². The number of hydrogen-bond donors (Lipinski definition) is 0. The second-order valence-corrected chi connectivity index (χ2v) is 6.43. The fourth-order valence-corrected chi connectivity index (χ4v) is 3.42. The molecule has 0 bridgehead atoms. The van der Waals surface area contributed by atoms with Gasteiger partial charge in [-0.05, 0) is 12.3 Å². The fraction of sp³-hybridized carbons (Fsp3) is 0.882. The molecule has 0 spiro atoms. The monoisotopic (exact) mass is 307 g/mol. The summed E-state index contributed by atoms with van der Waals surface area (Å²) < 4.78 is 5.35. The van der Waals surface area contributed by atoms with E-state index in [0.717, 1.165) is 51.7 Å². The van der Waals surface area contributed by atoms with Crippen molar-refractivity contribution in [2.45, 2.75) is 44.9 Å². The molecular weight excluding hydrogens is 278 g/mol. The van der Waals surface area contributed by atoms with Crippen molar-refractivity contribution in [3.8, 4) is 6.07 Å². The lowest BCUT2D eigenvalue weighted by molar-refractivity contribution is -0.131. The predicted octanol–water partition coefficient (Wildman–Crippen LogP) is 2.03. The van der Waals surface area contributed by atoms with Gasteiger partial charge in [-0.2, -0.15) is 5.26 Å². The van der Waals surface area contributed by atoms with Crippen molar-refractivity contribution in [3.63, 3.8) is 0 Å². The SMILES string of the molecule is N#CCCN(CCN1CCOCC1)C(=O)CCC1CCCC1. The third-order valence-electron chi connectivity index (χ3n) is 4.88. The van der Waals surface area contributed by atoms with Crippen molar-refractivity contribution in [1.82, 2.24) is 9.80 Å². The van der Waals surface area contributed by atoms with E-state index in [-0.39, 0.29) is 5.91 Å². The number of nitrogens with zero attached hydrogens (tertiary/aromatic N) is 3. The third-order valence-corrected chi connectivity index (χ3v) is 4.88. The maximum absolute atomic E-state index is 12.5. The Kier molecular flexibility index (Phi) is 7.68. The molecule has 1 amide bonds. The summed E-state index contributed by atoms with van der Waals surface area (Å²) in [6.45, 7) is 5.67. The van der Waals surface area contributed by atoms with Gasteiger partial charge in [0.1, 0.15) is 0 Å². The van der Waals surface area contributed by atoms with Gasteiger partial charge >= 0.3 is 0 Å². The van der Waals surface area contributed by atoms with E-state index in [1.54, 1.807) is 0 Å². The molecule has 2 aliphatic rings. The van der Waals surface area contributed by atoms with Gasteiger partial charge in [0.15, 0.2) is 0 Å². The molecule has 0 aromatic heterocycles. The Morgan fingerprint density at radius 1 is 1.23 bits per heavy atom. The molecule has 1 heterocycles. The molecule has 1 saturated carbocycles. The zero-order chi connectivity index (χ0) is 15.6. The normalized spacial score (nSPS) is 20.0. The molecule has 1 aliphatic carbocycles. The highest BCUT2D eigenvalue weighted by Gasteiger charge is 2.20. The average Bonchev–Trinajstić information content (AvgIpc) is 3.07. The van der Waals surface area contributed by atoms with Crippen LogP contribution < -0.4 is 0 Å². The molecule has 0 atom stereocenters. The highest BCUT2D eigenvalue weighted by molar-refractivity contribution is 5.76. The summed E-state index contributed by atoms with van der Waals surface area (Å²) in [7, 11) is 0. The Labute approximate surface area is 134 Å². The molecule has 2 rings (SSSR count). The Balaban J connectivity index is 1.73. The lowest BCUT2D eigenvalue weighted by atomic mass is 10.0. The number of rotatable bonds is 8. The van der Waals surface area contributed by atoms with E-state index in [1.165, 1.54) is 25.7 Å². The molecule has 0 aromatic rings. The minimum absolute atomic E-state index is 0.232. The highest BCUT2D eigenvalue weighted by atomic mass is 16.5. The number of carbonyl (C=O) groups is 1. The Morgan fingerprint density at radius 2 is 1.95 bits per heavy atom. The number of ether oxygens (including phenoxy) is 1. The van der Waals surface area contributed by atoms with Gasteiger partial charge in [-0.3, -0.25) is 9.69 Å². The Hall–Kier alpha value is -1.12. The van der Waals surface area contributed by atoms with Crippen LogP contribution in [-0.4, -0.2) is 61.6 Å². The fourth-order valence-electron chi connectivity index (χ4n) is 3.42. The van der Waals surface area contributed by atoms with Crippen LogP contribution in [0.5, 0.6) is 0 Å². The van der Waals surface area contributed by atoms with Crippen LogP contribution >= 0.6 is 0 Å². The van der Waals surface area contributed by atoms with E-state index in [0.29, 0.717) is 19.4 Å². The minimum Gasteiger partial charge on any atom is -0.379 e. The quantitative estimate of drug-likeness (QED) is 0.688. The van der Waals surface area contributed by atoms with Crippen LogP contribution in [0.15, 0.2) is 0 Å². The van der Waals surface area contributed by atoms with Gasteiger partial charge < -0.3 is 9.64 Å². The molecule has 0 radical (unpaired) electrons. The Bertz CT molecular complexity index is 369. The molecule has 2 fully saturated rings. The first kappa shape index (κ1) is 17.2. The van der Waals surface area contributed by atoms with Crippen molar-refractivity contribution in [2.24, 2.45) is 5.92 Å². The summed E-state index contributed by atoms with van der Waals surface area (Å²) in [4.78, 5) is 16.7. The minimum atomic E-state index is 0.232. The second kappa shape index (κ2) is 9.81. The van der Waals surface area contributed by atoms with Gasteiger partial charge in [-0.25, -0.2) is 0 Å². The number of nitriles is 1. The van der Waals surface area contributed by atoms with E-state index < -0.39 is 0 Å². The Morgan fingerprint density at radius 3 is 2.64 bits per heavy atom. The van der Waals surface area contributed by atoms with Gasteiger partial charge in [-0.1, -0.05) is 25.7 Å². The topological polar surface area (TPSA) is 56.6 Å². The summed E-state index contributed by atoms with van der Waals surface area (Å²) in [6, 6.07) is 2.16. The standard InChI is InChI=1S/C17H29N3O2/c18-8-3-9-20(11-10-19-12-14-22-15-13-19)17(21)7-6-16-4-1-2-5-16/h16H,1-7,9-15H2. The zero-order valence-corrected chi connectivity index (χ0v) is 13.6. The third kappa shape index (κ3) is 5.94. The first-order valence-corrected chi connectivity index (χ1v) is 8.74. The maximum Gasteiger partial charge on any atom is 0.222 e. The molecule has 1 saturated heterocycles. The lowest BCUT2D eigenvalue weighted by Gasteiger charge is -2.30. The summed E-state index contributed by atoms with van der Waals surface area (Å²) in [6.07, 6.45) is 7.34. The average molecular weight is 307 g/mol. The smallest absolute Gasteiger partial charge is 0.222 e. The molecule has 1 aliphatic heterocycles. The number of amides is 1. The predicted molar refractivity (Wildman–Crippen MR) is 85.3 cm³/mol. The van der Waals surface area contributed by atoms with Gasteiger partial charge in [0.05, 0.1) is 25.7 Å².